The second-order valence-corrected chi connectivity index (χ2v) is 5.01. The van der Waals surface area contributed by atoms with E-state index in [1.54, 1.807) is 0 Å². The molecule has 0 spiro atoms. The van der Waals surface area contributed by atoms with Gasteiger partial charge in [-0.15, -0.1) is 0 Å². The Kier molecular flexibility index (Phi) is 4.21. The van der Waals surface area contributed by atoms with Crippen LogP contribution in [0.1, 0.15) is 47.5 Å². The first kappa shape index (κ1) is 11.9. The van der Waals surface area contributed by atoms with Crippen LogP contribution in [-0.4, -0.2) is 17.6 Å². The third kappa shape index (κ3) is 6.62. The largest absolute Gasteiger partial charge is 0.324 e. The van der Waals surface area contributed by atoms with Gasteiger partial charge in [-0.2, -0.15) is 0 Å². The van der Waals surface area contributed by atoms with Gasteiger partial charge >= 0.3 is 0 Å². The highest BCUT2D eigenvalue weighted by atomic mass is 15.0. The molecule has 2 heteroatoms. The first-order valence-electron chi connectivity index (χ1n) is 4.81. The van der Waals surface area contributed by atoms with Crippen molar-refractivity contribution < 1.29 is 0 Å². The lowest BCUT2D eigenvalue weighted by Gasteiger charge is -2.30. The summed E-state index contributed by atoms with van der Waals surface area (Å²) in [6.45, 7) is 11.7. The molecule has 74 valence electrons. The number of rotatable bonds is 4. The number of nitrogens with two attached hydrogens (primary N) is 1. The monoisotopic (exact) mass is 172 g/mol. The van der Waals surface area contributed by atoms with E-state index in [1.807, 2.05) is 0 Å². The van der Waals surface area contributed by atoms with Crippen LogP contribution in [0.4, 0.5) is 0 Å². The van der Waals surface area contributed by atoms with Crippen LogP contribution in [0.15, 0.2) is 0 Å². The summed E-state index contributed by atoms with van der Waals surface area (Å²) in [6, 6.07) is 0. The van der Waals surface area contributed by atoms with E-state index in [9.17, 15) is 0 Å². The molecule has 1 unspecified atom stereocenters. The predicted octanol–water partition coefficient (Wildman–Crippen LogP) is 1.89. The fourth-order valence-corrected chi connectivity index (χ4v) is 1.13. The highest BCUT2D eigenvalue weighted by Crippen LogP contribution is 2.09. The van der Waals surface area contributed by atoms with E-state index in [0.29, 0.717) is 0 Å². The van der Waals surface area contributed by atoms with Gasteiger partial charge in [0, 0.05) is 17.6 Å². The molecule has 2 nitrogen and oxygen atoms in total. The number of nitrogens with one attached hydrogen (secondary N) is 1. The molecule has 0 saturated heterocycles. The van der Waals surface area contributed by atoms with Crippen LogP contribution >= 0.6 is 0 Å². The van der Waals surface area contributed by atoms with Gasteiger partial charge in [0.2, 0.25) is 0 Å². The molecule has 0 rings (SSSR count). The molecule has 0 aromatic heterocycles. The van der Waals surface area contributed by atoms with Gasteiger partial charge in [-0.05, 0) is 34.1 Å². The second kappa shape index (κ2) is 4.24. The van der Waals surface area contributed by atoms with Gasteiger partial charge in [0.05, 0.1) is 0 Å². The first-order chi connectivity index (χ1) is 5.27. The van der Waals surface area contributed by atoms with Gasteiger partial charge < -0.3 is 11.1 Å². The van der Waals surface area contributed by atoms with E-state index < -0.39 is 0 Å². The highest BCUT2D eigenvalue weighted by molar-refractivity contribution is 4.84. The quantitative estimate of drug-likeness (QED) is 0.679. The lowest BCUT2D eigenvalue weighted by Crippen LogP contribution is -2.51. The van der Waals surface area contributed by atoms with Crippen molar-refractivity contribution in [3.8, 4) is 0 Å². The fourth-order valence-electron chi connectivity index (χ4n) is 1.13. The number of hydrogen-bond acceptors (Lipinski definition) is 2. The van der Waals surface area contributed by atoms with E-state index in [1.165, 1.54) is 0 Å². The van der Waals surface area contributed by atoms with Crippen molar-refractivity contribution in [1.29, 1.82) is 0 Å². The molecular weight excluding hydrogens is 148 g/mol. The van der Waals surface area contributed by atoms with Gasteiger partial charge in [-0.1, -0.05) is 13.3 Å². The van der Waals surface area contributed by atoms with Crippen molar-refractivity contribution in [2.24, 2.45) is 5.73 Å². The fraction of sp³-hybridized carbons (Fsp3) is 1.00. The molecule has 0 fully saturated rings. The molecule has 0 aromatic carbocycles. The summed E-state index contributed by atoms with van der Waals surface area (Å²) in [5, 5.41) is 3.42. The van der Waals surface area contributed by atoms with Crippen LogP contribution in [0, 0.1) is 0 Å². The van der Waals surface area contributed by atoms with Gasteiger partial charge in [-0.3, -0.25) is 0 Å². The van der Waals surface area contributed by atoms with Crippen LogP contribution in [0.3, 0.4) is 0 Å². The van der Waals surface area contributed by atoms with Crippen molar-refractivity contribution in [3.63, 3.8) is 0 Å². The maximum absolute atomic E-state index is 6.07. The minimum absolute atomic E-state index is 0.0535. The van der Waals surface area contributed by atoms with Crippen LogP contribution in [0.5, 0.6) is 0 Å². The summed E-state index contributed by atoms with van der Waals surface area (Å²) in [7, 11) is 0. The van der Waals surface area contributed by atoms with E-state index in [0.717, 1.165) is 19.4 Å². The van der Waals surface area contributed by atoms with Crippen molar-refractivity contribution in [2.75, 3.05) is 6.54 Å². The summed E-state index contributed by atoms with van der Waals surface area (Å²) in [5.41, 5.74) is 6.19. The van der Waals surface area contributed by atoms with Gasteiger partial charge in [0.15, 0.2) is 0 Å². The average molecular weight is 172 g/mol. The maximum atomic E-state index is 6.07. The Morgan fingerprint density at radius 1 is 1.17 bits per heavy atom. The highest BCUT2D eigenvalue weighted by Gasteiger charge is 2.19. The normalized spacial score (nSPS) is 17.5. The molecule has 0 heterocycles. The van der Waals surface area contributed by atoms with Gasteiger partial charge in [-0.25, -0.2) is 0 Å². The van der Waals surface area contributed by atoms with Crippen LogP contribution < -0.4 is 11.1 Å². The molecule has 0 radical (unpaired) electrons. The zero-order valence-corrected chi connectivity index (χ0v) is 9.20. The van der Waals surface area contributed by atoms with Gasteiger partial charge in [0.25, 0.3) is 0 Å². The number of hydrogen-bond donors (Lipinski definition) is 2. The summed E-state index contributed by atoms with van der Waals surface area (Å²) in [4.78, 5) is 0. The standard InChI is InChI=1S/C10H24N2/c1-6-7-10(5,11)8-12-9(2,3)4/h12H,6-8,11H2,1-5H3. The Labute approximate surface area is 76.9 Å². The Morgan fingerprint density at radius 2 is 1.67 bits per heavy atom. The van der Waals surface area contributed by atoms with Crippen molar-refractivity contribution in [3.05, 3.63) is 0 Å². The average Bonchev–Trinajstić information content (AvgIpc) is 1.83. The lowest BCUT2D eigenvalue weighted by molar-refractivity contribution is 0.332. The van der Waals surface area contributed by atoms with Crippen molar-refractivity contribution >= 4 is 0 Å². The van der Waals surface area contributed by atoms with Crippen LogP contribution in [0.25, 0.3) is 0 Å². The van der Waals surface area contributed by atoms with E-state index >= 15 is 0 Å². The van der Waals surface area contributed by atoms with E-state index in [-0.39, 0.29) is 11.1 Å². The smallest absolute Gasteiger partial charge is 0.0252 e. The Bertz CT molecular complexity index is 122. The van der Waals surface area contributed by atoms with Crippen molar-refractivity contribution in [2.45, 2.75) is 58.5 Å². The summed E-state index contributed by atoms with van der Waals surface area (Å²) < 4.78 is 0. The van der Waals surface area contributed by atoms with E-state index in [4.69, 9.17) is 5.73 Å². The molecule has 0 bridgehead atoms. The predicted molar refractivity (Wildman–Crippen MR) is 55.3 cm³/mol. The maximum Gasteiger partial charge on any atom is 0.0252 e. The topological polar surface area (TPSA) is 38.0 Å². The third-order valence-electron chi connectivity index (χ3n) is 1.84. The summed E-state index contributed by atoms with van der Waals surface area (Å²) in [6.07, 6.45) is 2.23. The van der Waals surface area contributed by atoms with Crippen LogP contribution in [-0.2, 0) is 0 Å². The molecular formula is C10H24N2. The molecule has 0 aliphatic heterocycles. The Hall–Kier alpha value is -0.0800. The van der Waals surface area contributed by atoms with E-state index in [2.05, 4.69) is 39.9 Å². The molecule has 0 amide bonds. The first-order valence-corrected chi connectivity index (χ1v) is 4.81. The molecule has 0 aromatic rings. The summed E-state index contributed by atoms with van der Waals surface area (Å²) >= 11 is 0. The zero-order valence-electron chi connectivity index (χ0n) is 9.20. The lowest BCUT2D eigenvalue weighted by atomic mass is 9.96. The molecule has 1 atom stereocenters. The summed E-state index contributed by atoms with van der Waals surface area (Å²) in [5.74, 6) is 0. The Morgan fingerprint density at radius 3 is 2.00 bits per heavy atom. The minimum atomic E-state index is -0.0535. The second-order valence-electron chi connectivity index (χ2n) is 5.01. The van der Waals surface area contributed by atoms with Gasteiger partial charge in [0.1, 0.15) is 0 Å². The molecule has 0 saturated carbocycles. The molecule has 12 heavy (non-hydrogen) atoms. The zero-order chi connectivity index (χ0) is 9.83. The molecule has 0 aliphatic rings. The minimum Gasteiger partial charge on any atom is -0.324 e. The van der Waals surface area contributed by atoms with Crippen LogP contribution in [0.2, 0.25) is 0 Å². The Balaban J connectivity index is 3.75. The van der Waals surface area contributed by atoms with Crippen molar-refractivity contribution in [1.82, 2.24) is 5.32 Å². The third-order valence-corrected chi connectivity index (χ3v) is 1.84. The molecule has 3 N–H and O–H groups in total. The molecule has 0 aliphatic carbocycles. The SMILES string of the molecule is CCCC(C)(N)CNC(C)(C)C.